The average Bonchev–Trinajstić information content (AvgIpc) is 3.41. The van der Waals surface area contributed by atoms with Crippen LogP contribution in [0.25, 0.3) is 0 Å². The summed E-state index contributed by atoms with van der Waals surface area (Å²) in [6.07, 6.45) is 4.26. The number of likely N-dealkylation sites (tertiary alicyclic amines) is 1. The molecular formula is C23H28ClN3O2. The lowest BCUT2D eigenvalue weighted by Gasteiger charge is -2.22. The number of aryl methyl sites for hydroxylation is 1. The van der Waals surface area contributed by atoms with Crippen molar-refractivity contribution >= 4 is 18.3 Å². The van der Waals surface area contributed by atoms with Crippen molar-refractivity contribution in [2.75, 3.05) is 13.1 Å². The molecule has 3 aliphatic heterocycles. The minimum Gasteiger partial charge on any atom is -0.338 e. The van der Waals surface area contributed by atoms with Gasteiger partial charge in [-0.15, -0.1) is 12.4 Å². The topological polar surface area (TPSA) is 54.3 Å². The predicted molar refractivity (Wildman–Crippen MR) is 116 cm³/mol. The van der Waals surface area contributed by atoms with Crippen molar-refractivity contribution in [3.05, 3.63) is 69.6 Å². The molecule has 1 aromatic heterocycles. The third-order valence-corrected chi connectivity index (χ3v) is 7.19. The normalized spacial score (nSPS) is 28.1. The molecule has 0 radical (unpaired) electrons. The van der Waals surface area contributed by atoms with Crippen molar-refractivity contribution in [3.63, 3.8) is 0 Å². The lowest BCUT2D eigenvalue weighted by Crippen LogP contribution is -2.39. The highest BCUT2D eigenvalue weighted by atomic mass is 35.5. The number of hydrogen-bond donors (Lipinski definition) is 1. The Morgan fingerprint density at radius 2 is 1.69 bits per heavy atom. The summed E-state index contributed by atoms with van der Waals surface area (Å²) in [5.41, 5.74) is 1.99. The first kappa shape index (κ1) is 20.2. The monoisotopic (exact) mass is 413 g/mol. The van der Waals surface area contributed by atoms with E-state index in [2.05, 4.69) is 5.32 Å². The zero-order valence-corrected chi connectivity index (χ0v) is 17.7. The van der Waals surface area contributed by atoms with Gasteiger partial charge in [-0.2, -0.15) is 0 Å². The van der Waals surface area contributed by atoms with Crippen LogP contribution in [0.4, 0.5) is 0 Å². The molecule has 5 nitrogen and oxygen atoms in total. The van der Waals surface area contributed by atoms with Gasteiger partial charge in [0.2, 0.25) is 0 Å². The first-order chi connectivity index (χ1) is 13.5. The fourth-order valence-electron chi connectivity index (χ4n) is 5.60. The summed E-state index contributed by atoms with van der Waals surface area (Å²) < 4.78 is 1.69. The summed E-state index contributed by atoms with van der Waals surface area (Å²) in [7, 11) is 0. The number of rotatable bonds is 3. The number of hydrogen-bond acceptors (Lipinski definition) is 3. The first-order valence-electron chi connectivity index (χ1n) is 10.4. The van der Waals surface area contributed by atoms with Gasteiger partial charge in [0.15, 0.2) is 0 Å². The van der Waals surface area contributed by atoms with Crippen LogP contribution < -0.4 is 10.9 Å². The Labute approximate surface area is 177 Å². The summed E-state index contributed by atoms with van der Waals surface area (Å²) in [5, 5.41) is 3.69. The van der Waals surface area contributed by atoms with Gasteiger partial charge in [0, 0.05) is 31.4 Å². The molecule has 1 N–H and O–H groups in total. The molecule has 3 aliphatic rings. The number of nitrogens with one attached hydrogen (secondary N) is 1. The van der Waals surface area contributed by atoms with Crippen LogP contribution in [0.2, 0.25) is 0 Å². The average molecular weight is 414 g/mol. The number of aromatic nitrogens is 1. The largest absolute Gasteiger partial charge is 0.338 e. The summed E-state index contributed by atoms with van der Waals surface area (Å²) >= 11 is 0. The number of amides is 1. The molecule has 5 rings (SSSR count). The van der Waals surface area contributed by atoms with Gasteiger partial charge in [0.05, 0.1) is 6.04 Å². The molecule has 6 heteroatoms. The van der Waals surface area contributed by atoms with E-state index in [9.17, 15) is 9.59 Å². The second kappa shape index (κ2) is 7.62. The first-order valence-corrected chi connectivity index (χ1v) is 10.4. The highest BCUT2D eigenvalue weighted by molar-refractivity contribution is 5.95. The van der Waals surface area contributed by atoms with Crippen LogP contribution in [0, 0.1) is 18.8 Å². The summed E-state index contributed by atoms with van der Waals surface area (Å²) in [4.78, 5) is 28.6. The van der Waals surface area contributed by atoms with E-state index < -0.39 is 0 Å². The maximum Gasteiger partial charge on any atom is 0.264 e. The van der Waals surface area contributed by atoms with E-state index in [4.69, 9.17) is 0 Å². The number of carbonyl (C=O) groups is 1. The Morgan fingerprint density at radius 3 is 2.31 bits per heavy atom. The molecule has 1 unspecified atom stereocenters. The van der Waals surface area contributed by atoms with Crippen LogP contribution in [0.15, 0.2) is 47.4 Å². The molecule has 3 fully saturated rings. The van der Waals surface area contributed by atoms with E-state index in [1.165, 1.54) is 12.8 Å². The maximum atomic E-state index is 13.4. The van der Waals surface area contributed by atoms with E-state index >= 15 is 0 Å². The van der Waals surface area contributed by atoms with Gasteiger partial charge in [-0.05, 0) is 55.7 Å². The zero-order chi connectivity index (χ0) is 19.4. The van der Waals surface area contributed by atoms with Gasteiger partial charge in [-0.25, -0.2) is 0 Å². The number of benzene rings is 1. The molecule has 1 aromatic carbocycles. The lowest BCUT2D eigenvalue weighted by molar-refractivity contribution is 0.0775. The number of fused-ring (bicyclic) bond motifs is 5. The van der Waals surface area contributed by atoms with Crippen molar-refractivity contribution < 1.29 is 4.79 Å². The van der Waals surface area contributed by atoms with Crippen molar-refractivity contribution in [1.29, 1.82) is 0 Å². The molecular weight excluding hydrogens is 386 g/mol. The van der Waals surface area contributed by atoms with E-state index in [1.54, 1.807) is 4.57 Å². The standard InChI is InChI=1S/C23H27N3O2.ClH/c1-14-10-11-26(15(2)16-6-4-3-5-7-16)23(28)21(14)22(27)25-12-17-18(13-25)20-9-8-19(17)24-20;/h3-7,10-11,15,17-20,24H,8-9,12-13H2,1-2H3;1H/t15?,17-,18+,19-,20+;. The molecule has 0 spiro atoms. The third kappa shape index (κ3) is 3.21. The van der Waals surface area contributed by atoms with Crippen LogP contribution >= 0.6 is 12.4 Å². The van der Waals surface area contributed by atoms with Crippen molar-refractivity contribution in [2.45, 2.75) is 44.8 Å². The Morgan fingerprint density at radius 1 is 1.07 bits per heavy atom. The smallest absolute Gasteiger partial charge is 0.264 e. The molecule has 2 aromatic rings. The van der Waals surface area contributed by atoms with Crippen LogP contribution in [-0.2, 0) is 0 Å². The molecule has 3 saturated heterocycles. The van der Waals surface area contributed by atoms with Crippen LogP contribution in [0.1, 0.15) is 47.3 Å². The van der Waals surface area contributed by atoms with E-state index in [0.29, 0.717) is 29.5 Å². The van der Waals surface area contributed by atoms with E-state index in [1.807, 2.05) is 61.3 Å². The minimum atomic E-state index is -0.181. The van der Waals surface area contributed by atoms with E-state index in [0.717, 1.165) is 24.2 Å². The van der Waals surface area contributed by atoms with Crippen LogP contribution in [0.3, 0.4) is 0 Å². The highest BCUT2D eigenvalue weighted by Gasteiger charge is 2.52. The zero-order valence-electron chi connectivity index (χ0n) is 16.9. The molecule has 0 aliphatic carbocycles. The summed E-state index contributed by atoms with van der Waals surface area (Å²) in [6.45, 7) is 5.43. The van der Waals surface area contributed by atoms with Crippen molar-refractivity contribution in [3.8, 4) is 0 Å². The second-order valence-corrected chi connectivity index (χ2v) is 8.67. The minimum absolute atomic E-state index is 0. The fourth-order valence-corrected chi connectivity index (χ4v) is 5.60. The van der Waals surface area contributed by atoms with Crippen LogP contribution in [-0.4, -0.2) is 40.5 Å². The van der Waals surface area contributed by atoms with Gasteiger partial charge < -0.3 is 14.8 Å². The van der Waals surface area contributed by atoms with Crippen molar-refractivity contribution in [2.24, 2.45) is 11.8 Å². The SMILES string of the molecule is Cc1ccn(C(C)c2ccccc2)c(=O)c1C(=O)N1C[C@@H]2[C@H](C1)[C@@H]1CC[C@H]2N1.Cl. The molecule has 0 saturated carbocycles. The van der Waals surface area contributed by atoms with Gasteiger partial charge in [-0.3, -0.25) is 9.59 Å². The number of nitrogens with zero attached hydrogens (tertiary/aromatic N) is 2. The van der Waals surface area contributed by atoms with Crippen LogP contribution in [0.5, 0.6) is 0 Å². The maximum absolute atomic E-state index is 13.4. The predicted octanol–water partition coefficient (Wildman–Crippen LogP) is 3.01. The Kier molecular flexibility index (Phi) is 5.30. The Bertz CT molecular complexity index is 956. The molecule has 29 heavy (non-hydrogen) atoms. The fraction of sp³-hybridized carbons (Fsp3) is 0.478. The van der Waals surface area contributed by atoms with E-state index in [-0.39, 0.29) is 29.9 Å². The van der Waals surface area contributed by atoms with Gasteiger partial charge in [0.25, 0.3) is 11.5 Å². The molecule has 2 bridgehead atoms. The summed E-state index contributed by atoms with van der Waals surface area (Å²) in [5.74, 6) is 1.01. The number of carbonyl (C=O) groups excluding carboxylic acids is 1. The third-order valence-electron chi connectivity index (χ3n) is 7.19. The Hall–Kier alpha value is -2.11. The lowest BCUT2D eigenvalue weighted by atomic mass is 9.82. The summed E-state index contributed by atoms with van der Waals surface area (Å²) in [6, 6.07) is 12.8. The Balaban J connectivity index is 0.00000205. The van der Waals surface area contributed by atoms with Gasteiger partial charge >= 0.3 is 0 Å². The molecule has 154 valence electrons. The van der Waals surface area contributed by atoms with Crippen molar-refractivity contribution in [1.82, 2.24) is 14.8 Å². The molecule has 5 atom stereocenters. The number of halogens is 1. The number of pyridine rings is 1. The van der Waals surface area contributed by atoms with Gasteiger partial charge in [-0.1, -0.05) is 30.3 Å². The van der Waals surface area contributed by atoms with Gasteiger partial charge in [0.1, 0.15) is 5.56 Å². The molecule has 4 heterocycles. The quantitative estimate of drug-likeness (QED) is 0.841. The second-order valence-electron chi connectivity index (χ2n) is 8.67. The molecule has 1 amide bonds. The highest BCUT2D eigenvalue weighted by Crippen LogP contribution is 2.43.